The van der Waals surface area contributed by atoms with E-state index in [1.807, 2.05) is 0 Å². The lowest BCUT2D eigenvalue weighted by molar-refractivity contribution is -0.137. The highest BCUT2D eigenvalue weighted by atomic mass is 19.4. The summed E-state index contributed by atoms with van der Waals surface area (Å²) < 4.78 is 46.7. The summed E-state index contributed by atoms with van der Waals surface area (Å²) in [5.74, 6) is -1.53. The molecule has 0 saturated heterocycles. The summed E-state index contributed by atoms with van der Waals surface area (Å²) in [4.78, 5) is 23.7. The fourth-order valence-corrected chi connectivity index (χ4v) is 1.81. The van der Waals surface area contributed by atoms with Crippen molar-refractivity contribution in [3.63, 3.8) is 0 Å². The van der Waals surface area contributed by atoms with Crippen LogP contribution in [0.1, 0.15) is 32.2 Å². The minimum atomic E-state index is -4.47. The molecular weight excluding hydrogens is 317 g/mol. The number of aromatic nitrogens is 1. The fourth-order valence-electron chi connectivity index (χ4n) is 1.81. The van der Waals surface area contributed by atoms with Crippen molar-refractivity contribution < 1.29 is 32.0 Å². The van der Waals surface area contributed by atoms with Crippen molar-refractivity contribution in [3.8, 4) is 0 Å². The summed E-state index contributed by atoms with van der Waals surface area (Å²) in [7, 11) is 1.11. The van der Waals surface area contributed by atoms with E-state index in [2.05, 4.69) is 15.2 Å². The number of halogens is 3. The van der Waals surface area contributed by atoms with Crippen molar-refractivity contribution >= 4 is 17.6 Å². The SMILES string of the molecule is COC(=O)c1noc(C)c1C(=O)Nc1ccc(C(F)(F)F)cc1. The van der Waals surface area contributed by atoms with E-state index in [1.54, 1.807) is 0 Å². The highest BCUT2D eigenvalue weighted by Gasteiger charge is 2.30. The predicted molar refractivity (Wildman–Crippen MR) is 72.0 cm³/mol. The average molecular weight is 328 g/mol. The quantitative estimate of drug-likeness (QED) is 0.876. The van der Waals surface area contributed by atoms with E-state index in [0.717, 1.165) is 31.4 Å². The van der Waals surface area contributed by atoms with Crippen molar-refractivity contribution in [1.82, 2.24) is 5.16 Å². The highest BCUT2D eigenvalue weighted by Crippen LogP contribution is 2.30. The van der Waals surface area contributed by atoms with Gasteiger partial charge in [-0.25, -0.2) is 4.79 Å². The summed E-state index contributed by atoms with van der Waals surface area (Å²) in [6.45, 7) is 1.42. The first-order valence-electron chi connectivity index (χ1n) is 6.27. The predicted octanol–water partition coefficient (Wildman–Crippen LogP) is 3.04. The molecule has 0 unspecified atom stereocenters. The lowest BCUT2D eigenvalue weighted by Gasteiger charge is -2.08. The molecule has 1 heterocycles. The van der Waals surface area contributed by atoms with Crippen LogP contribution in [-0.4, -0.2) is 24.1 Å². The van der Waals surface area contributed by atoms with Crippen molar-refractivity contribution in [2.45, 2.75) is 13.1 Å². The summed E-state index contributed by atoms with van der Waals surface area (Å²) in [6, 6.07) is 3.86. The summed E-state index contributed by atoms with van der Waals surface area (Å²) in [5.41, 5.74) is -1.17. The Hall–Kier alpha value is -2.84. The molecule has 0 bridgehead atoms. The number of hydrogen-bond acceptors (Lipinski definition) is 5. The second kappa shape index (κ2) is 6.11. The zero-order chi connectivity index (χ0) is 17.2. The van der Waals surface area contributed by atoms with Gasteiger partial charge in [0.25, 0.3) is 5.91 Å². The number of methoxy groups -OCH3 is 1. The van der Waals surface area contributed by atoms with Crippen LogP contribution in [0.15, 0.2) is 28.8 Å². The highest BCUT2D eigenvalue weighted by molar-refractivity contribution is 6.10. The molecule has 1 aromatic heterocycles. The molecule has 1 N–H and O–H groups in total. The number of nitrogens with one attached hydrogen (secondary N) is 1. The van der Waals surface area contributed by atoms with E-state index in [-0.39, 0.29) is 22.7 Å². The molecule has 6 nitrogen and oxygen atoms in total. The van der Waals surface area contributed by atoms with E-state index < -0.39 is 23.6 Å². The molecule has 0 radical (unpaired) electrons. The van der Waals surface area contributed by atoms with Crippen molar-refractivity contribution in [2.75, 3.05) is 12.4 Å². The van der Waals surface area contributed by atoms with Crippen LogP contribution in [0.4, 0.5) is 18.9 Å². The first-order valence-corrected chi connectivity index (χ1v) is 6.27. The van der Waals surface area contributed by atoms with E-state index in [0.29, 0.717) is 0 Å². The Kier molecular flexibility index (Phi) is 4.39. The molecule has 2 aromatic rings. The zero-order valence-corrected chi connectivity index (χ0v) is 12.0. The number of carbonyl (C=O) groups excluding carboxylic acids is 2. The number of hydrogen-bond donors (Lipinski definition) is 1. The van der Waals surface area contributed by atoms with Crippen LogP contribution in [0.25, 0.3) is 0 Å². The van der Waals surface area contributed by atoms with E-state index in [9.17, 15) is 22.8 Å². The number of ether oxygens (including phenoxy) is 1. The van der Waals surface area contributed by atoms with E-state index in [4.69, 9.17) is 4.52 Å². The smallest absolute Gasteiger partial charge is 0.416 e. The van der Waals surface area contributed by atoms with Gasteiger partial charge >= 0.3 is 12.1 Å². The average Bonchev–Trinajstić information content (AvgIpc) is 2.88. The van der Waals surface area contributed by atoms with E-state index >= 15 is 0 Å². The van der Waals surface area contributed by atoms with Gasteiger partial charge in [-0.1, -0.05) is 5.16 Å². The number of anilines is 1. The maximum Gasteiger partial charge on any atom is 0.416 e. The maximum atomic E-state index is 12.5. The molecule has 1 amide bonds. The Morgan fingerprint density at radius 2 is 1.83 bits per heavy atom. The van der Waals surface area contributed by atoms with Gasteiger partial charge < -0.3 is 14.6 Å². The molecule has 0 fully saturated rings. The number of aryl methyl sites for hydroxylation is 1. The van der Waals surface area contributed by atoms with Gasteiger partial charge in [0.15, 0.2) is 0 Å². The Balaban J connectivity index is 2.23. The number of carbonyl (C=O) groups is 2. The van der Waals surface area contributed by atoms with Gasteiger partial charge in [-0.15, -0.1) is 0 Å². The van der Waals surface area contributed by atoms with Gasteiger partial charge in [-0.05, 0) is 31.2 Å². The molecule has 122 valence electrons. The van der Waals surface area contributed by atoms with Gasteiger partial charge in [0.05, 0.1) is 12.7 Å². The number of benzene rings is 1. The van der Waals surface area contributed by atoms with Crippen LogP contribution < -0.4 is 5.32 Å². The van der Waals surface area contributed by atoms with Crippen LogP contribution in [-0.2, 0) is 10.9 Å². The molecule has 2 rings (SSSR count). The van der Waals surface area contributed by atoms with Crippen LogP contribution >= 0.6 is 0 Å². The van der Waals surface area contributed by atoms with Crippen LogP contribution in [0.3, 0.4) is 0 Å². The second-order valence-electron chi connectivity index (χ2n) is 4.48. The molecule has 0 aliphatic rings. The lowest BCUT2D eigenvalue weighted by atomic mass is 10.1. The number of esters is 1. The second-order valence-corrected chi connectivity index (χ2v) is 4.48. The van der Waals surface area contributed by atoms with Gasteiger partial charge in [0.2, 0.25) is 5.69 Å². The molecule has 0 spiro atoms. The number of amides is 1. The number of nitrogens with zero attached hydrogens (tertiary/aromatic N) is 1. The Morgan fingerprint density at radius 1 is 1.22 bits per heavy atom. The molecular formula is C14H11F3N2O4. The van der Waals surface area contributed by atoms with E-state index in [1.165, 1.54) is 6.92 Å². The fraction of sp³-hybridized carbons (Fsp3) is 0.214. The standard InChI is InChI=1S/C14H11F3N2O4/c1-7-10(11(19-23-7)13(21)22-2)12(20)18-9-5-3-8(4-6-9)14(15,16)17/h3-6H,1-2H3,(H,18,20). The number of rotatable bonds is 3. The molecule has 0 saturated carbocycles. The Bertz CT molecular complexity index is 735. The molecule has 23 heavy (non-hydrogen) atoms. The van der Waals surface area contributed by atoms with Crippen LogP contribution in [0, 0.1) is 6.92 Å². The molecule has 9 heteroatoms. The maximum absolute atomic E-state index is 12.5. The van der Waals surface area contributed by atoms with Crippen LogP contribution in [0.2, 0.25) is 0 Å². The third-order valence-electron chi connectivity index (χ3n) is 2.94. The van der Waals surface area contributed by atoms with Crippen molar-refractivity contribution in [2.24, 2.45) is 0 Å². The molecule has 0 aliphatic heterocycles. The first-order chi connectivity index (χ1) is 10.7. The first kappa shape index (κ1) is 16.5. The third-order valence-corrected chi connectivity index (χ3v) is 2.94. The molecule has 1 aromatic carbocycles. The van der Waals surface area contributed by atoms with Crippen molar-refractivity contribution in [3.05, 3.63) is 46.8 Å². The van der Waals surface area contributed by atoms with Crippen molar-refractivity contribution in [1.29, 1.82) is 0 Å². The zero-order valence-electron chi connectivity index (χ0n) is 12.0. The Morgan fingerprint density at radius 3 is 2.35 bits per heavy atom. The minimum Gasteiger partial charge on any atom is -0.464 e. The van der Waals surface area contributed by atoms with Gasteiger partial charge in [-0.3, -0.25) is 4.79 Å². The lowest BCUT2D eigenvalue weighted by Crippen LogP contribution is -2.17. The van der Waals surface area contributed by atoms with Crippen LogP contribution in [0.5, 0.6) is 0 Å². The minimum absolute atomic E-state index is 0.0785. The van der Waals surface area contributed by atoms with Gasteiger partial charge in [-0.2, -0.15) is 13.2 Å². The molecule has 0 atom stereocenters. The Labute approximate surface area is 128 Å². The monoisotopic (exact) mass is 328 g/mol. The summed E-state index contributed by atoms with van der Waals surface area (Å²) in [6.07, 6.45) is -4.47. The summed E-state index contributed by atoms with van der Waals surface area (Å²) >= 11 is 0. The summed E-state index contributed by atoms with van der Waals surface area (Å²) in [5, 5.41) is 5.81. The number of alkyl halides is 3. The van der Waals surface area contributed by atoms with Gasteiger partial charge in [0.1, 0.15) is 11.3 Å². The topological polar surface area (TPSA) is 81.4 Å². The van der Waals surface area contributed by atoms with Gasteiger partial charge in [0, 0.05) is 5.69 Å². The largest absolute Gasteiger partial charge is 0.464 e. The molecule has 0 aliphatic carbocycles. The third kappa shape index (κ3) is 3.50. The normalized spacial score (nSPS) is 11.2.